The smallest absolute Gasteiger partial charge is 0.161 e. The van der Waals surface area contributed by atoms with Gasteiger partial charge in [-0.3, -0.25) is 0 Å². The Labute approximate surface area is 125 Å². The van der Waals surface area contributed by atoms with E-state index in [1.54, 1.807) is 0 Å². The van der Waals surface area contributed by atoms with Crippen LogP contribution in [0.3, 0.4) is 0 Å². The summed E-state index contributed by atoms with van der Waals surface area (Å²) in [6.45, 7) is 1.45. The summed E-state index contributed by atoms with van der Waals surface area (Å²) in [6.07, 6.45) is 0. The molecule has 0 radical (unpaired) electrons. The lowest BCUT2D eigenvalue weighted by molar-refractivity contribution is 0.0565. The molecule has 0 aliphatic rings. The fraction of sp³-hybridized carbons (Fsp3) is 0.250. The van der Waals surface area contributed by atoms with Crippen molar-refractivity contribution < 1.29 is 22.7 Å². The zero-order valence-electron chi connectivity index (χ0n) is 11.8. The standard InChI is InChI=1S/C16H15F4NO/c1-16(22,11-2-4-12(17)5-3-11)9-21-8-10-6-14(19)15(20)7-13(10)18/h2-7,21-22H,8-9H2,1H3. The van der Waals surface area contributed by atoms with Crippen LogP contribution in [-0.2, 0) is 12.1 Å². The maximum atomic E-state index is 13.5. The highest BCUT2D eigenvalue weighted by Gasteiger charge is 2.22. The monoisotopic (exact) mass is 313 g/mol. The highest BCUT2D eigenvalue weighted by molar-refractivity contribution is 5.23. The molecule has 118 valence electrons. The average molecular weight is 313 g/mol. The van der Waals surface area contributed by atoms with E-state index in [1.165, 1.54) is 31.2 Å². The third-order valence-electron chi connectivity index (χ3n) is 3.34. The van der Waals surface area contributed by atoms with E-state index in [4.69, 9.17) is 0 Å². The van der Waals surface area contributed by atoms with Gasteiger partial charge >= 0.3 is 0 Å². The van der Waals surface area contributed by atoms with E-state index in [9.17, 15) is 22.7 Å². The first-order chi connectivity index (χ1) is 10.3. The summed E-state index contributed by atoms with van der Waals surface area (Å²) >= 11 is 0. The molecule has 0 spiro atoms. The van der Waals surface area contributed by atoms with E-state index >= 15 is 0 Å². The lowest BCUT2D eigenvalue weighted by Crippen LogP contribution is -2.35. The lowest BCUT2D eigenvalue weighted by atomic mass is 9.96. The summed E-state index contributed by atoms with van der Waals surface area (Å²) < 4.78 is 52.2. The Hall–Kier alpha value is -1.92. The van der Waals surface area contributed by atoms with Crippen molar-refractivity contribution in [2.24, 2.45) is 0 Å². The first-order valence-electron chi connectivity index (χ1n) is 6.62. The van der Waals surface area contributed by atoms with Gasteiger partial charge in [0, 0.05) is 24.7 Å². The zero-order valence-corrected chi connectivity index (χ0v) is 11.8. The van der Waals surface area contributed by atoms with Crippen molar-refractivity contribution in [1.82, 2.24) is 5.32 Å². The summed E-state index contributed by atoms with van der Waals surface area (Å²) in [5.41, 5.74) is -0.885. The normalized spacial score (nSPS) is 13.9. The van der Waals surface area contributed by atoms with Gasteiger partial charge < -0.3 is 10.4 Å². The Morgan fingerprint density at radius 2 is 1.55 bits per heavy atom. The third kappa shape index (κ3) is 3.84. The summed E-state index contributed by atoms with van der Waals surface area (Å²) in [5.74, 6) is -3.67. The molecule has 2 N–H and O–H groups in total. The summed E-state index contributed by atoms with van der Waals surface area (Å²) in [7, 11) is 0. The molecule has 2 nitrogen and oxygen atoms in total. The van der Waals surface area contributed by atoms with Gasteiger partial charge in [-0.25, -0.2) is 17.6 Å². The number of nitrogens with one attached hydrogen (secondary N) is 1. The molecular weight excluding hydrogens is 298 g/mol. The van der Waals surface area contributed by atoms with E-state index in [0.717, 1.165) is 6.07 Å². The minimum Gasteiger partial charge on any atom is -0.384 e. The van der Waals surface area contributed by atoms with Crippen molar-refractivity contribution in [1.29, 1.82) is 0 Å². The van der Waals surface area contributed by atoms with Crippen LogP contribution in [0.25, 0.3) is 0 Å². The SMILES string of the molecule is CC(O)(CNCc1cc(F)c(F)cc1F)c1ccc(F)cc1. The molecule has 0 saturated heterocycles. The van der Waals surface area contributed by atoms with E-state index in [1.807, 2.05) is 0 Å². The molecular formula is C16H15F4NO. The van der Waals surface area contributed by atoms with Gasteiger partial charge in [-0.05, 0) is 30.7 Å². The minimum absolute atomic E-state index is 0.0249. The van der Waals surface area contributed by atoms with Crippen LogP contribution in [0.2, 0.25) is 0 Å². The number of hydrogen-bond donors (Lipinski definition) is 2. The molecule has 1 unspecified atom stereocenters. The van der Waals surface area contributed by atoms with E-state index in [2.05, 4.69) is 5.32 Å². The quantitative estimate of drug-likeness (QED) is 0.656. The van der Waals surface area contributed by atoms with Crippen LogP contribution in [0.5, 0.6) is 0 Å². The fourth-order valence-electron chi connectivity index (χ4n) is 2.05. The van der Waals surface area contributed by atoms with Crippen molar-refractivity contribution in [3.8, 4) is 0 Å². The van der Waals surface area contributed by atoms with Gasteiger partial charge in [0.2, 0.25) is 0 Å². The molecule has 0 amide bonds. The summed E-state index contributed by atoms with van der Waals surface area (Å²) in [5, 5.41) is 13.1. The topological polar surface area (TPSA) is 32.3 Å². The van der Waals surface area contributed by atoms with E-state index in [-0.39, 0.29) is 18.7 Å². The van der Waals surface area contributed by atoms with Gasteiger partial charge in [0.25, 0.3) is 0 Å². The molecule has 22 heavy (non-hydrogen) atoms. The molecule has 0 aliphatic heterocycles. The van der Waals surface area contributed by atoms with Crippen LogP contribution in [0.4, 0.5) is 17.6 Å². The van der Waals surface area contributed by atoms with Gasteiger partial charge in [-0.15, -0.1) is 0 Å². The minimum atomic E-state index is -1.32. The van der Waals surface area contributed by atoms with Gasteiger partial charge in [0.05, 0.1) is 5.60 Å². The summed E-state index contributed by atoms with van der Waals surface area (Å²) in [6, 6.07) is 6.57. The molecule has 2 aromatic carbocycles. The van der Waals surface area contributed by atoms with Crippen LogP contribution >= 0.6 is 0 Å². The van der Waals surface area contributed by atoms with Gasteiger partial charge in [-0.2, -0.15) is 0 Å². The number of benzene rings is 2. The van der Waals surface area contributed by atoms with Crippen molar-refractivity contribution >= 4 is 0 Å². The van der Waals surface area contributed by atoms with Crippen molar-refractivity contribution in [3.05, 3.63) is 70.8 Å². The second-order valence-electron chi connectivity index (χ2n) is 5.24. The molecule has 0 fully saturated rings. The number of aliphatic hydroxyl groups is 1. The Morgan fingerprint density at radius 3 is 2.18 bits per heavy atom. The zero-order chi connectivity index (χ0) is 16.3. The lowest BCUT2D eigenvalue weighted by Gasteiger charge is -2.24. The molecule has 6 heteroatoms. The van der Waals surface area contributed by atoms with Crippen LogP contribution in [0, 0.1) is 23.3 Å². The fourth-order valence-corrected chi connectivity index (χ4v) is 2.05. The first-order valence-corrected chi connectivity index (χ1v) is 6.62. The molecule has 0 aliphatic carbocycles. The van der Waals surface area contributed by atoms with Crippen molar-refractivity contribution in [2.45, 2.75) is 19.1 Å². The number of hydrogen-bond acceptors (Lipinski definition) is 2. The maximum absolute atomic E-state index is 13.5. The van der Waals surface area contributed by atoms with Gasteiger partial charge in [-0.1, -0.05) is 12.1 Å². The van der Waals surface area contributed by atoms with Crippen LogP contribution in [0.1, 0.15) is 18.1 Å². The molecule has 1 atom stereocenters. The second-order valence-corrected chi connectivity index (χ2v) is 5.24. The van der Waals surface area contributed by atoms with Crippen molar-refractivity contribution in [3.63, 3.8) is 0 Å². The van der Waals surface area contributed by atoms with Gasteiger partial charge in [0.1, 0.15) is 11.6 Å². The first kappa shape index (κ1) is 16.5. The maximum Gasteiger partial charge on any atom is 0.161 e. The predicted octanol–water partition coefficient (Wildman–Crippen LogP) is 3.24. The molecule has 0 saturated carbocycles. The van der Waals surface area contributed by atoms with Crippen LogP contribution < -0.4 is 5.32 Å². The highest BCUT2D eigenvalue weighted by Crippen LogP contribution is 2.20. The van der Waals surface area contributed by atoms with Crippen LogP contribution in [0.15, 0.2) is 36.4 Å². The second kappa shape index (κ2) is 6.46. The number of rotatable bonds is 5. The molecule has 2 rings (SSSR count). The molecule has 0 bridgehead atoms. The van der Waals surface area contributed by atoms with Gasteiger partial charge in [0.15, 0.2) is 11.6 Å². The predicted molar refractivity (Wildman–Crippen MR) is 74.0 cm³/mol. The summed E-state index contributed by atoms with van der Waals surface area (Å²) in [4.78, 5) is 0. The van der Waals surface area contributed by atoms with E-state index in [0.29, 0.717) is 11.6 Å². The number of halogens is 4. The Kier molecular flexibility index (Phi) is 4.83. The Bertz CT molecular complexity index is 656. The Balaban J connectivity index is 2.01. The Morgan fingerprint density at radius 1 is 0.955 bits per heavy atom. The highest BCUT2D eigenvalue weighted by atomic mass is 19.2. The van der Waals surface area contributed by atoms with Crippen LogP contribution in [-0.4, -0.2) is 11.7 Å². The molecule has 0 heterocycles. The van der Waals surface area contributed by atoms with Crippen molar-refractivity contribution in [2.75, 3.05) is 6.54 Å². The molecule has 0 aromatic heterocycles. The third-order valence-corrected chi connectivity index (χ3v) is 3.34. The van der Waals surface area contributed by atoms with E-state index < -0.39 is 28.9 Å². The average Bonchev–Trinajstić information content (AvgIpc) is 2.44. The largest absolute Gasteiger partial charge is 0.384 e. The molecule has 2 aromatic rings.